The number of phenols is 1. The minimum Gasteiger partial charge on any atom is -0.506 e. The zero-order valence-corrected chi connectivity index (χ0v) is 13.2. The molecular weight excluding hydrogens is 292 g/mol. The largest absolute Gasteiger partial charge is 0.506 e. The van der Waals surface area contributed by atoms with Gasteiger partial charge in [-0.2, -0.15) is 0 Å². The highest BCUT2D eigenvalue weighted by Crippen LogP contribution is 2.23. The van der Waals surface area contributed by atoms with Crippen LogP contribution in [0.15, 0.2) is 42.5 Å². The van der Waals surface area contributed by atoms with Crippen LogP contribution in [-0.2, 0) is 0 Å². The van der Waals surface area contributed by atoms with Crippen molar-refractivity contribution in [2.75, 3.05) is 11.9 Å². The topological polar surface area (TPSA) is 78.4 Å². The first kappa shape index (κ1) is 16.5. The van der Waals surface area contributed by atoms with Crippen LogP contribution in [0, 0.1) is 13.8 Å². The number of aryl methyl sites for hydroxylation is 2. The number of Topliss-reactive ketones (excluding diaryl/α,β-unsaturated/α-hetero) is 1. The van der Waals surface area contributed by atoms with E-state index in [2.05, 4.69) is 10.6 Å². The number of nitrogens with one attached hydrogen (secondary N) is 2. The zero-order valence-electron chi connectivity index (χ0n) is 13.2. The van der Waals surface area contributed by atoms with Crippen molar-refractivity contribution in [2.45, 2.75) is 20.3 Å². The lowest BCUT2D eigenvalue weighted by atomic mass is 10.1. The van der Waals surface area contributed by atoms with Gasteiger partial charge in [-0.3, -0.25) is 4.79 Å². The van der Waals surface area contributed by atoms with Crippen molar-refractivity contribution in [1.82, 2.24) is 5.32 Å². The second kappa shape index (κ2) is 7.45. The van der Waals surface area contributed by atoms with Gasteiger partial charge < -0.3 is 15.7 Å². The normalized spacial score (nSPS) is 10.2. The Morgan fingerprint density at radius 3 is 2.30 bits per heavy atom. The van der Waals surface area contributed by atoms with E-state index in [4.69, 9.17) is 0 Å². The molecule has 0 fully saturated rings. The Bertz CT molecular complexity index is 709. The number of aromatic hydroxyl groups is 1. The molecule has 23 heavy (non-hydrogen) atoms. The van der Waals surface area contributed by atoms with E-state index < -0.39 is 6.03 Å². The van der Waals surface area contributed by atoms with Gasteiger partial charge in [0.2, 0.25) is 0 Å². The van der Waals surface area contributed by atoms with Crippen LogP contribution in [0.3, 0.4) is 0 Å². The molecule has 0 radical (unpaired) electrons. The molecule has 5 nitrogen and oxygen atoms in total. The molecule has 0 aliphatic heterocycles. The van der Waals surface area contributed by atoms with Crippen LogP contribution >= 0.6 is 0 Å². The Labute approximate surface area is 135 Å². The fourth-order valence-electron chi connectivity index (χ4n) is 2.09. The molecule has 0 spiro atoms. The first-order chi connectivity index (χ1) is 11.0. The van der Waals surface area contributed by atoms with E-state index in [-0.39, 0.29) is 24.5 Å². The fourth-order valence-corrected chi connectivity index (χ4v) is 2.09. The highest BCUT2D eigenvalue weighted by molar-refractivity contribution is 5.97. The number of hydrogen-bond donors (Lipinski definition) is 3. The van der Waals surface area contributed by atoms with Gasteiger partial charge in [0.15, 0.2) is 5.78 Å². The molecule has 2 rings (SSSR count). The molecule has 5 heteroatoms. The van der Waals surface area contributed by atoms with Gasteiger partial charge in [0, 0.05) is 18.5 Å². The fraction of sp³-hybridized carbons (Fsp3) is 0.222. The van der Waals surface area contributed by atoms with Gasteiger partial charge in [-0.05, 0) is 31.5 Å². The number of hydrogen-bond acceptors (Lipinski definition) is 3. The van der Waals surface area contributed by atoms with Gasteiger partial charge in [-0.1, -0.05) is 35.9 Å². The lowest BCUT2D eigenvalue weighted by Crippen LogP contribution is -2.30. The van der Waals surface area contributed by atoms with Crippen LogP contribution in [0.25, 0.3) is 0 Å². The average molecular weight is 312 g/mol. The van der Waals surface area contributed by atoms with E-state index in [1.54, 1.807) is 30.3 Å². The maximum absolute atomic E-state index is 12.0. The van der Waals surface area contributed by atoms with E-state index in [1.807, 2.05) is 26.0 Å². The molecule has 0 aliphatic rings. The van der Waals surface area contributed by atoms with Crippen molar-refractivity contribution in [3.63, 3.8) is 0 Å². The summed E-state index contributed by atoms with van der Waals surface area (Å²) in [6.07, 6.45) is 0.219. The molecule has 0 aliphatic carbocycles. The third-order valence-corrected chi connectivity index (χ3v) is 3.41. The second-order valence-electron chi connectivity index (χ2n) is 5.44. The highest BCUT2D eigenvalue weighted by Gasteiger charge is 2.08. The summed E-state index contributed by atoms with van der Waals surface area (Å²) in [5.74, 6) is -0.0145. The van der Waals surface area contributed by atoms with Gasteiger partial charge in [0.05, 0.1) is 5.69 Å². The number of amides is 2. The Kier molecular flexibility index (Phi) is 5.36. The summed E-state index contributed by atoms with van der Waals surface area (Å²) in [6.45, 7) is 4.03. The smallest absolute Gasteiger partial charge is 0.319 e. The van der Waals surface area contributed by atoms with Crippen molar-refractivity contribution >= 4 is 17.5 Å². The number of benzene rings is 2. The van der Waals surface area contributed by atoms with E-state index in [0.29, 0.717) is 11.3 Å². The van der Waals surface area contributed by atoms with Crippen molar-refractivity contribution in [3.05, 3.63) is 59.2 Å². The summed E-state index contributed by atoms with van der Waals surface area (Å²) in [5, 5.41) is 14.9. The number of phenolic OH excluding ortho intramolecular Hbond substituents is 1. The summed E-state index contributed by atoms with van der Waals surface area (Å²) >= 11 is 0. The molecule has 0 saturated carbocycles. The Morgan fingerprint density at radius 2 is 1.65 bits per heavy atom. The predicted molar refractivity (Wildman–Crippen MR) is 90.0 cm³/mol. The second-order valence-corrected chi connectivity index (χ2v) is 5.44. The van der Waals surface area contributed by atoms with Crippen LogP contribution in [0.2, 0.25) is 0 Å². The van der Waals surface area contributed by atoms with Crippen LogP contribution in [-0.4, -0.2) is 23.5 Å². The van der Waals surface area contributed by atoms with Crippen LogP contribution in [0.5, 0.6) is 5.75 Å². The van der Waals surface area contributed by atoms with E-state index >= 15 is 0 Å². The number of carbonyl (C=O) groups is 2. The predicted octanol–water partition coefficient (Wildman–Crippen LogP) is 3.40. The maximum atomic E-state index is 12.0. The molecule has 0 atom stereocenters. The minimum atomic E-state index is -0.458. The van der Waals surface area contributed by atoms with Crippen molar-refractivity contribution in [2.24, 2.45) is 0 Å². The van der Waals surface area contributed by atoms with Crippen molar-refractivity contribution in [1.29, 1.82) is 0 Å². The Morgan fingerprint density at radius 1 is 1.00 bits per heavy atom. The van der Waals surface area contributed by atoms with E-state index in [0.717, 1.165) is 11.1 Å². The quantitative estimate of drug-likeness (QED) is 0.585. The summed E-state index contributed by atoms with van der Waals surface area (Å²) in [5.41, 5.74) is 2.96. The molecular formula is C18H20N2O3. The number of rotatable bonds is 5. The molecule has 0 aromatic heterocycles. The maximum Gasteiger partial charge on any atom is 0.319 e. The van der Waals surface area contributed by atoms with Crippen molar-refractivity contribution in [3.8, 4) is 5.75 Å². The number of anilines is 1. The molecule has 2 amide bonds. The molecule has 3 N–H and O–H groups in total. The standard InChI is InChI=1S/C18H20N2O3/c1-12-3-6-14(7-4-12)16(21)9-10-19-18(23)20-15-8-5-13(2)11-17(15)22/h3-8,11,22H,9-10H2,1-2H3,(H2,19,20,23). The summed E-state index contributed by atoms with van der Waals surface area (Å²) < 4.78 is 0. The lowest BCUT2D eigenvalue weighted by Gasteiger charge is -2.09. The van der Waals surface area contributed by atoms with Gasteiger partial charge in [0.1, 0.15) is 5.75 Å². The molecule has 120 valence electrons. The summed E-state index contributed by atoms with van der Waals surface area (Å²) in [6, 6.07) is 11.8. The first-order valence-corrected chi connectivity index (χ1v) is 7.40. The molecule has 0 bridgehead atoms. The summed E-state index contributed by atoms with van der Waals surface area (Å²) in [4.78, 5) is 23.7. The molecule has 0 unspecified atom stereocenters. The third-order valence-electron chi connectivity index (χ3n) is 3.41. The van der Waals surface area contributed by atoms with Crippen LogP contribution in [0.1, 0.15) is 27.9 Å². The minimum absolute atomic E-state index is 0.0101. The monoisotopic (exact) mass is 312 g/mol. The third kappa shape index (κ3) is 4.85. The van der Waals surface area contributed by atoms with Gasteiger partial charge in [-0.25, -0.2) is 4.79 Å². The van der Waals surface area contributed by atoms with Crippen LogP contribution in [0.4, 0.5) is 10.5 Å². The SMILES string of the molecule is Cc1ccc(C(=O)CCNC(=O)Nc2ccc(C)cc2O)cc1. The summed E-state index contributed by atoms with van der Waals surface area (Å²) in [7, 11) is 0. The molecule has 2 aromatic carbocycles. The van der Waals surface area contributed by atoms with Gasteiger partial charge in [0.25, 0.3) is 0 Å². The highest BCUT2D eigenvalue weighted by atomic mass is 16.3. The molecule has 0 saturated heterocycles. The Balaban J connectivity index is 1.80. The number of carbonyl (C=O) groups excluding carboxylic acids is 2. The zero-order chi connectivity index (χ0) is 16.8. The number of urea groups is 1. The number of ketones is 1. The average Bonchev–Trinajstić information content (AvgIpc) is 2.50. The van der Waals surface area contributed by atoms with Crippen LogP contribution < -0.4 is 10.6 Å². The van der Waals surface area contributed by atoms with Gasteiger partial charge in [-0.15, -0.1) is 0 Å². The molecule has 0 heterocycles. The molecule has 2 aromatic rings. The van der Waals surface area contributed by atoms with E-state index in [1.165, 1.54) is 0 Å². The van der Waals surface area contributed by atoms with Crippen molar-refractivity contribution < 1.29 is 14.7 Å². The Hall–Kier alpha value is -2.82. The van der Waals surface area contributed by atoms with E-state index in [9.17, 15) is 14.7 Å². The first-order valence-electron chi connectivity index (χ1n) is 7.40. The van der Waals surface area contributed by atoms with Gasteiger partial charge >= 0.3 is 6.03 Å². The lowest BCUT2D eigenvalue weighted by molar-refractivity contribution is 0.0983.